The second kappa shape index (κ2) is 3.05. The minimum absolute atomic E-state index is 0.623. The van der Waals surface area contributed by atoms with Crippen molar-refractivity contribution in [2.45, 2.75) is 10.3 Å². The van der Waals surface area contributed by atoms with E-state index < -0.39 is 16.3 Å². The van der Waals surface area contributed by atoms with Crippen LogP contribution in [0.2, 0.25) is 0 Å². The number of carbonyl (C=O) groups is 1. The summed E-state index contributed by atoms with van der Waals surface area (Å²) in [4.78, 5) is 11.0. The summed E-state index contributed by atoms with van der Waals surface area (Å²) in [6.07, 6.45) is 0.482. The molecule has 3 nitrogen and oxygen atoms in total. The summed E-state index contributed by atoms with van der Waals surface area (Å²) >= 11 is 6.79. The molecule has 0 aromatic heterocycles. The van der Waals surface area contributed by atoms with E-state index >= 15 is 0 Å². The van der Waals surface area contributed by atoms with Gasteiger partial charge in [-0.05, 0) is 11.5 Å². The molecule has 1 N–H and O–H groups in total. The first-order chi connectivity index (χ1) is 5.11. The zero-order valence-electron chi connectivity index (χ0n) is 5.78. The molecule has 1 rings (SSSR count). The van der Waals surface area contributed by atoms with Gasteiger partial charge in [-0.1, -0.05) is 23.4 Å². The molecule has 5 heteroatoms. The molecule has 0 spiro atoms. The molecule has 0 fully saturated rings. The van der Waals surface area contributed by atoms with Crippen LogP contribution in [0.1, 0.15) is 0 Å². The van der Waals surface area contributed by atoms with Gasteiger partial charge >= 0.3 is 5.97 Å². The van der Waals surface area contributed by atoms with Crippen molar-refractivity contribution in [3.63, 3.8) is 0 Å². The maximum Gasteiger partial charge on any atom is 0.340 e. The molecular formula is C6H7ClO3S. The van der Waals surface area contributed by atoms with E-state index in [2.05, 4.69) is 4.74 Å². The second-order valence-corrected chi connectivity index (χ2v) is 4.00. The molecule has 2 unspecified atom stereocenters. The highest BCUT2D eigenvalue weighted by Gasteiger charge is 2.46. The number of alkyl halides is 1. The van der Waals surface area contributed by atoms with E-state index in [1.54, 1.807) is 5.41 Å². The van der Waals surface area contributed by atoms with Gasteiger partial charge in [-0.15, -0.1) is 0 Å². The minimum Gasteiger partial charge on any atom is -0.467 e. The van der Waals surface area contributed by atoms with Crippen LogP contribution < -0.4 is 0 Å². The lowest BCUT2D eigenvalue weighted by Gasteiger charge is -2.20. The van der Waals surface area contributed by atoms with Gasteiger partial charge in [-0.2, -0.15) is 0 Å². The molecule has 0 radical (unpaired) electrons. The maximum atomic E-state index is 11.0. The number of hydrogen-bond donors (Lipinski definition) is 1. The van der Waals surface area contributed by atoms with Crippen molar-refractivity contribution in [3.05, 3.63) is 11.5 Å². The number of halogens is 1. The molecule has 0 aliphatic carbocycles. The van der Waals surface area contributed by atoms with Gasteiger partial charge in [0.1, 0.15) is 6.10 Å². The maximum absolute atomic E-state index is 11.0. The van der Waals surface area contributed by atoms with E-state index in [4.69, 9.17) is 11.6 Å². The first-order valence-corrected chi connectivity index (χ1v) is 4.17. The lowest BCUT2D eigenvalue weighted by atomic mass is 10.2. The number of carbonyl (C=O) groups excluding carboxylic acids is 1. The van der Waals surface area contributed by atoms with Crippen molar-refractivity contribution in [2.75, 3.05) is 7.11 Å². The van der Waals surface area contributed by atoms with E-state index in [9.17, 15) is 9.90 Å². The zero-order chi connectivity index (χ0) is 8.48. The summed E-state index contributed by atoms with van der Waals surface area (Å²) in [6, 6.07) is 0. The smallest absolute Gasteiger partial charge is 0.340 e. The summed E-state index contributed by atoms with van der Waals surface area (Å²) in [6.45, 7) is 0. The SMILES string of the molecule is COC(=O)C1(Cl)SC=CC1O. The van der Waals surface area contributed by atoms with Crippen molar-refractivity contribution in [2.24, 2.45) is 0 Å². The van der Waals surface area contributed by atoms with Crippen molar-refractivity contribution < 1.29 is 14.6 Å². The molecule has 0 bridgehead atoms. The van der Waals surface area contributed by atoms with Gasteiger partial charge in [-0.25, -0.2) is 4.79 Å². The molecule has 0 saturated carbocycles. The van der Waals surface area contributed by atoms with E-state index in [0.717, 1.165) is 11.8 Å². The highest BCUT2D eigenvalue weighted by molar-refractivity contribution is 8.05. The summed E-state index contributed by atoms with van der Waals surface area (Å²) in [7, 11) is 1.23. The van der Waals surface area contributed by atoms with Crippen LogP contribution in [0.15, 0.2) is 11.5 Å². The van der Waals surface area contributed by atoms with Crippen molar-refractivity contribution in [1.82, 2.24) is 0 Å². The number of hydrogen-bond acceptors (Lipinski definition) is 4. The Morgan fingerprint density at radius 1 is 1.91 bits per heavy atom. The lowest BCUT2D eigenvalue weighted by Crippen LogP contribution is -2.38. The third-order valence-corrected chi connectivity index (χ3v) is 3.03. The summed E-state index contributed by atoms with van der Waals surface area (Å²) in [5.74, 6) is -0.623. The average molecular weight is 195 g/mol. The van der Waals surface area contributed by atoms with Crippen LogP contribution in [0, 0.1) is 0 Å². The number of rotatable bonds is 1. The molecule has 0 aromatic rings. The standard InChI is InChI=1S/C6H7ClO3S/c1-10-5(9)6(7)4(8)2-3-11-6/h2-4,8H,1H3. The summed E-state index contributed by atoms with van der Waals surface area (Å²) < 4.78 is 3.05. The summed E-state index contributed by atoms with van der Waals surface area (Å²) in [5.41, 5.74) is 0. The van der Waals surface area contributed by atoms with E-state index in [0.29, 0.717) is 0 Å². The summed E-state index contributed by atoms with van der Waals surface area (Å²) in [5, 5.41) is 10.8. The van der Waals surface area contributed by atoms with E-state index in [1.165, 1.54) is 13.2 Å². The number of aliphatic hydroxyl groups is 1. The first-order valence-electron chi connectivity index (χ1n) is 2.91. The Kier molecular flexibility index (Phi) is 2.47. The molecule has 1 heterocycles. The largest absolute Gasteiger partial charge is 0.467 e. The predicted molar refractivity (Wildman–Crippen MR) is 43.3 cm³/mol. The van der Waals surface area contributed by atoms with Crippen LogP contribution in [-0.2, 0) is 9.53 Å². The Hall–Kier alpha value is -0.190. The lowest BCUT2D eigenvalue weighted by molar-refractivity contribution is -0.142. The minimum atomic E-state index is -1.37. The molecule has 1 aliphatic heterocycles. The van der Waals surface area contributed by atoms with E-state index in [-0.39, 0.29) is 0 Å². The molecular weight excluding hydrogens is 188 g/mol. The van der Waals surface area contributed by atoms with Crippen LogP contribution >= 0.6 is 23.4 Å². The van der Waals surface area contributed by atoms with Gasteiger partial charge in [0, 0.05) is 0 Å². The van der Waals surface area contributed by atoms with Gasteiger partial charge in [0.25, 0.3) is 0 Å². The van der Waals surface area contributed by atoms with Gasteiger partial charge in [0.2, 0.25) is 4.21 Å². The number of esters is 1. The molecule has 1 aliphatic rings. The molecule has 0 aromatic carbocycles. The number of methoxy groups -OCH3 is 1. The quantitative estimate of drug-likeness (QED) is 0.494. The monoisotopic (exact) mass is 194 g/mol. The molecule has 0 amide bonds. The van der Waals surface area contributed by atoms with Crippen LogP contribution in [0.4, 0.5) is 0 Å². The second-order valence-electron chi connectivity index (χ2n) is 2.03. The average Bonchev–Trinajstić information content (AvgIpc) is 2.32. The Balaban J connectivity index is 2.76. The predicted octanol–water partition coefficient (Wildman–Crippen LogP) is 0.716. The highest BCUT2D eigenvalue weighted by Crippen LogP contribution is 2.41. The fraction of sp³-hybridized carbons (Fsp3) is 0.500. The topological polar surface area (TPSA) is 46.5 Å². The molecule has 11 heavy (non-hydrogen) atoms. The Morgan fingerprint density at radius 3 is 2.91 bits per heavy atom. The first kappa shape index (κ1) is 8.90. The van der Waals surface area contributed by atoms with Gasteiger partial charge in [0.15, 0.2) is 0 Å². The fourth-order valence-corrected chi connectivity index (χ4v) is 1.84. The van der Waals surface area contributed by atoms with Crippen molar-refractivity contribution in [1.29, 1.82) is 0 Å². The fourth-order valence-electron chi connectivity index (χ4n) is 0.714. The van der Waals surface area contributed by atoms with E-state index in [1.807, 2.05) is 0 Å². The third-order valence-electron chi connectivity index (χ3n) is 1.34. The van der Waals surface area contributed by atoms with Crippen LogP contribution in [0.3, 0.4) is 0 Å². The molecule has 62 valence electrons. The van der Waals surface area contributed by atoms with Crippen molar-refractivity contribution in [3.8, 4) is 0 Å². The van der Waals surface area contributed by atoms with Gasteiger partial charge < -0.3 is 9.84 Å². The Bertz CT molecular complexity index is 206. The van der Waals surface area contributed by atoms with Crippen LogP contribution in [0.5, 0.6) is 0 Å². The van der Waals surface area contributed by atoms with Crippen LogP contribution in [0.25, 0.3) is 0 Å². The highest BCUT2D eigenvalue weighted by atomic mass is 35.5. The third kappa shape index (κ3) is 1.38. The van der Waals surface area contributed by atoms with Gasteiger partial charge in [-0.3, -0.25) is 0 Å². The molecule has 0 saturated heterocycles. The zero-order valence-corrected chi connectivity index (χ0v) is 7.35. The van der Waals surface area contributed by atoms with Crippen LogP contribution in [-0.4, -0.2) is 28.5 Å². The van der Waals surface area contributed by atoms with Gasteiger partial charge in [0.05, 0.1) is 7.11 Å². The molecule has 2 atom stereocenters. The number of ether oxygens (including phenoxy) is 1. The van der Waals surface area contributed by atoms with Crippen molar-refractivity contribution >= 4 is 29.3 Å². The number of aliphatic hydroxyl groups excluding tert-OH is 1. The Morgan fingerprint density at radius 2 is 2.55 bits per heavy atom. The Labute approximate surface area is 73.4 Å². The normalized spacial score (nSPS) is 35.7. The number of thioether (sulfide) groups is 1.